The maximum absolute atomic E-state index is 13.3. The van der Waals surface area contributed by atoms with Crippen LogP contribution in [-0.2, 0) is 11.3 Å². The number of carbonyl (C=O) groups excluding carboxylic acids is 1. The molecule has 1 saturated heterocycles. The number of nitrogens with zero attached hydrogens (tertiary/aromatic N) is 2. The third-order valence-corrected chi connectivity index (χ3v) is 3.40. The topological polar surface area (TPSA) is 56.1 Å². The van der Waals surface area contributed by atoms with Gasteiger partial charge in [0.15, 0.2) is 0 Å². The van der Waals surface area contributed by atoms with Gasteiger partial charge in [0, 0.05) is 13.1 Å². The Kier molecular flexibility index (Phi) is 4.13. The average molecular weight is 261 g/mol. The quantitative estimate of drug-likeness (QED) is 0.891. The van der Waals surface area contributed by atoms with Crippen LogP contribution in [0.4, 0.5) is 4.39 Å². The predicted octanol–water partition coefficient (Wildman–Crippen LogP) is 1.41. The number of likely N-dealkylation sites (N-methyl/N-ethyl adjacent to an activating group) is 1. The summed E-state index contributed by atoms with van der Waals surface area (Å²) in [6.45, 7) is 3.97. The summed E-state index contributed by atoms with van der Waals surface area (Å²) in [5, 5.41) is 11.6. The molecule has 4 nitrogen and oxygen atoms in total. The van der Waals surface area contributed by atoms with Crippen LogP contribution in [0, 0.1) is 17.1 Å². The molecule has 1 fully saturated rings. The van der Waals surface area contributed by atoms with Crippen molar-refractivity contribution in [1.82, 2.24) is 10.2 Å². The number of rotatable bonds is 4. The molecule has 1 aliphatic heterocycles. The SMILES string of the molecule is CCN(Cc1ccc(F)c(C#N)c1)[C@H]1CCNC1=O. The Morgan fingerprint density at radius 2 is 2.37 bits per heavy atom. The molecule has 0 unspecified atom stereocenters. The highest BCUT2D eigenvalue weighted by Crippen LogP contribution is 2.16. The molecule has 1 atom stereocenters. The summed E-state index contributed by atoms with van der Waals surface area (Å²) >= 11 is 0. The van der Waals surface area contributed by atoms with Gasteiger partial charge in [-0.2, -0.15) is 5.26 Å². The molecule has 1 aliphatic rings. The van der Waals surface area contributed by atoms with Gasteiger partial charge in [-0.05, 0) is 30.7 Å². The first kappa shape index (κ1) is 13.5. The minimum absolute atomic E-state index is 0.0458. The van der Waals surface area contributed by atoms with E-state index in [-0.39, 0.29) is 17.5 Å². The van der Waals surface area contributed by atoms with Gasteiger partial charge in [0.1, 0.15) is 11.9 Å². The van der Waals surface area contributed by atoms with E-state index in [0.717, 1.165) is 18.5 Å². The summed E-state index contributed by atoms with van der Waals surface area (Å²) in [6, 6.07) is 6.21. The maximum Gasteiger partial charge on any atom is 0.237 e. The Morgan fingerprint density at radius 3 is 2.95 bits per heavy atom. The minimum atomic E-state index is -0.507. The van der Waals surface area contributed by atoms with E-state index in [2.05, 4.69) is 5.32 Å². The Labute approximate surface area is 111 Å². The van der Waals surface area contributed by atoms with Crippen molar-refractivity contribution in [3.05, 3.63) is 35.1 Å². The molecule has 100 valence electrons. The molecule has 1 aromatic carbocycles. The molecule has 0 aromatic heterocycles. The summed E-state index contributed by atoms with van der Waals surface area (Å²) in [5.74, 6) is -0.461. The van der Waals surface area contributed by atoms with Crippen LogP contribution in [0.25, 0.3) is 0 Å². The predicted molar refractivity (Wildman–Crippen MR) is 68.6 cm³/mol. The van der Waals surface area contributed by atoms with E-state index in [1.54, 1.807) is 12.1 Å². The lowest BCUT2D eigenvalue weighted by atomic mass is 10.1. The van der Waals surface area contributed by atoms with Gasteiger partial charge in [-0.25, -0.2) is 4.39 Å². The lowest BCUT2D eigenvalue weighted by Gasteiger charge is -2.25. The van der Waals surface area contributed by atoms with Gasteiger partial charge >= 0.3 is 0 Å². The molecule has 1 N–H and O–H groups in total. The second kappa shape index (κ2) is 5.81. The first-order chi connectivity index (χ1) is 9.15. The summed E-state index contributed by atoms with van der Waals surface area (Å²) in [6.07, 6.45) is 0.791. The van der Waals surface area contributed by atoms with E-state index in [9.17, 15) is 9.18 Å². The van der Waals surface area contributed by atoms with Crippen LogP contribution < -0.4 is 5.32 Å². The molecule has 0 spiro atoms. The van der Waals surface area contributed by atoms with Crippen LogP contribution in [0.1, 0.15) is 24.5 Å². The van der Waals surface area contributed by atoms with Crippen LogP contribution in [0.5, 0.6) is 0 Å². The van der Waals surface area contributed by atoms with Crippen molar-refractivity contribution in [1.29, 1.82) is 5.26 Å². The highest BCUT2D eigenvalue weighted by molar-refractivity contribution is 5.83. The van der Waals surface area contributed by atoms with E-state index in [0.29, 0.717) is 13.1 Å². The molecule has 1 amide bonds. The highest BCUT2D eigenvalue weighted by atomic mass is 19.1. The molecule has 1 aromatic rings. The molecule has 0 radical (unpaired) electrons. The number of hydrogen-bond acceptors (Lipinski definition) is 3. The number of halogens is 1. The number of amides is 1. The standard InChI is InChI=1S/C14H16FN3O/c1-2-18(13-5-6-17-14(13)19)9-10-3-4-12(15)11(7-10)8-16/h3-4,7,13H,2,5-6,9H2,1H3,(H,17,19)/t13-/m0/s1. The number of nitriles is 1. The second-order valence-electron chi connectivity index (χ2n) is 4.58. The fourth-order valence-corrected chi connectivity index (χ4v) is 2.36. The van der Waals surface area contributed by atoms with Crippen molar-refractivity contribution in [3.63, 3.8) is 0 Å². The average Bonchev–Trinajstić information content (AvgIpc) is 2.84. The zero-order valence-corrected chi connectivity index (χ0v) is 10.8. The lowest BCUT2D eigenvalue weighted by molar-refractivity contribution is -0.123. The molecule has 5 heteroatoms. The van der Waals surface area contributed by atoms with E-state index in [1.807, 2.05) is 17.9 Å². The molecule has 2 rings (SSSR count). The monoisotopic (exact) mass is 261 g/mol. The van der Waals surface area contributed by atoms with Gasteiger partial charge in [0.05, 0.1) is 11.6 Å². The maximum atomic E-state index is 13.3. The van der Waals surface area contributed by atoms with Crippen molar-refractivity contribution in [2.75, 3.05) is 13.1 Å². The van der Waals surface area contributed by atoms with Crippen LogP contribution in [0.2, 0.25) is 0 Å². The number of nitrogens with one attached hydrogen (secondary N) is 1. The molecular formula is C14H16FN3O. The van der Waals surface area contributed by atoms with E-state index in [4.69, 9.17) is 5.26 Å². The van der Waals surface area contributed by atoms with E-state index >= 15 is 0 Å². The third-order valence-electron chi connectivity index (χ3n) is 3.40. The Morgan fingerprint density at radius 1 is 1.58 bits per heavy atom. The van der Waals surface area contributed by atoms with Gasteiger partial charge in [-0.3, -0.25) is 9.69 Å². The van der Waals surface area contributed by atoms with E-state index < -0.39 is 5.82 Å². The first-order valence-corrected chi connectivity index (χ1v) is 6.36. The van der Waals surface area contributed by atoms with Crippen molar-refractivity contribution in [3.8, 4) is 6.07 Å². The van der Waals surface area contributed by atoms with E-state index in [1.165, 1.54) is 6.07 Å². The highest BCUT2D eigenvalue weighted by Gasteiger charge is 2.29. The zero-order valence-electron chi connectivity index (χ0n) is 10.8. The van der Waals surface area contributed by atoms with Crippen LogP contribution in [0.3, 0.4) is 0 Å². The van der Waals surface area contributed by atoms with Gasteiger partial charge in [-0.15, -0.1) is 0 Å². The third kappa shape index (κ3) is 2.91. The Hall–Kier alpha value is -1.93. The van der Waals surface area contributed by atoms with Crippen molar-refractivity contribution < 1.29 is 9.18 Å². The van der Waals surface area contributed by atoms with Crippen LogP contribution in [-0.4, -0.2) is 29.9 Å². The van der Waals surface area contributed by atoms with Gasteiger partial charge < -0.3 is 5.32 Å². The normalized spacial score (nSPS) is 18.4. The van der Waals surface area contributed by atoms with Crippen LogP contribution >= 0.6 is 0 Å². The number of carbonyl (C=O) groups is 1. The van der Waals surface area contributed by atoms with Gasteiger partial charge in [-0.1, -0.05) is 13.0 Å². The minimum Gasteiger partial charge on any atom is -0.355 e. The summed E-state index contributed by atoms with van der Waals surface area (Å²) in [7, 11) is 0. The Bertz CT molecular complexity index is 524. The van der Waals surface area contributed by atoms with Crippen molar-refractivity contribution >= 4 is 5.91 Å². The molecule has 1 heterocycles. The van der Waals surface area contributed by atoms with Gasteiger partial charge in [0.2, 0.25) is 5.91 Å². The van der Waals surface area contributed by atoms with Gasteiger partial charge in [0.25, 0.3) is 0 Å². The summed E-state index contributed by atoms with van der Waals surface area (Å²) in [5.41, 5.74) is 0.893. The van der Waals surface area contributed by atoms with Crippen molar-refractivity contribution in [2.45, 2.75) is 25.9 Å². The largest absolute Gasteiger partial charge is 0.355 e. The van der Waals surface area contributed by atoms with Crippen molar-refractivity contribution in [2.24, 2.45) is 0 Å². The molecular weight excluding hydrogens is 245 g/mol. The Balaban J connectivity index is 2.14. The fourth-order valence-electron chi connectivity index (χ4n) is 2.36. The molecule has 0 saturated carbocycles. The molecule has 19 heavy (non-hydrogen) atoms. The molecule has 0 aliphatic carbocycles. The number of benzene rings is 1. The summed E-state index contributed by atoms with van der Waals surface area (Å²) < 4.78 is 13.3. The number of hydrogen-bond donors (Lipinski definition) is 1. The fraction of sp³-hybridized carbons (Fsp3) is 0.429. The lowest BCUT2D eigenvalue weighted by Crippen LogP contribution is -2.40. The smallest absolute Gasteiger partial charge is 0.237 e. The zero-order chi connectivity index (χ0) is 13.8. The molecule has 0 bridgehead atoms. The summed E-state index contributed by atoms with van der Waals surface area (Å²) in [4.78, 5) is 13.7. The second-order valence-corrected chi connectivity index (χ2v) is 4.58. The first-order valence-electron chi connectivity index (χ1n) is 6.36. The van der Waals surface area contributed by atoms with Crippen LogP contribution in [0.15, 0.2) is 18.2 Å².